The van der Waals surface area contributed by atoms with Gasteiger partial charge < -0.3 is 19.3 Å². The number of carbonyl (C=O) groups is 1. The Labute approximate surface area is 278 Å². The summed E-state index contributed by atoms with van der Waals surface area (Å²) in [6.45, 7) is 0. The summed E-state index contributed by atoms with van der Waals surface area (Å²) in [7, 11) is 3.23. The van der Waals surface area contributed by atoms with E-state index in [1.54, 1.807) is 26.4 Å². The number of hydrogen-bond acceptors (Lipinski definition) is 5. The highest BCUT2D eigenvalue weighted by Crippen LogP contribution is 2.38. The minimum atomic E-state index is -0.262. The maximum Gasteiger partial charge on any atom is 0.361 e. The Bertz CT molecular complexity index is 2190. The molecule has 1 aromatic heterocycles. The zero-order valence-electron chi connectivity index (χ0n) is 26.3. The lowest BCUT2D eigenvalue weighted by molar-refractivity contribution is -0.113. The van der Waals surface area contributed by atoms with Crippen molar-refractivity contribution in [2.24, 2.45) is 0 Å². The predicted molar refractivity (Wildman–Crippen MR) is 188 cm³/mol. The first kappa shape index (κ1) is 30.3. The summed E-state index contributed by atoms with van der Waals surface area (Å²) in [6.07, 6.45) is 7.09. The molecular weight excluding hydrogens is 600 g/mol. The largest absolute Gasteiger partial charge is 0.506 e. The maximum absolute atomic E-state index is 13.6. The first-order valence-electron chi connectivity index (χ1n) is 15.4. The van der Waals surface area contributed by atoms with E-state index in [0.29, 0.717) is 45.7 Å². The van der Waals surface area contributed by atoms with Crippen molar-refractivity contribution in [2.45, 2.75) is 0 Å². The van der Waals surface area contributed by atoms with Crippen LogP contribution in [0, 0.1) is 0 Å². The van der Waals surface area contributed by atoms with E-state index in [0.717, 1.165) is 22.3 Å². The second kappa shape index (κ2) is 13.1. The number of aliphatic hydroxyl groups excluding tert-OH is 1. The van der Waals surface area contributed by atoms with Crippen LogP contribution in [0.2, 0.25) is 0 Å². The number of ether oxygens (including phenoxy) is 3. The van der Waals surface area contributed by atoms with Crippen molar-refractivity contribution >= 4 is 23.4 Å². The summed E-state index contributed by atoms with van der Waals surface area (Å²) in [5.41, 5.74) is 5.25. The van der Waals surface area contributed by atoms with E-state index in [2.05, 4.69) is 0 Å². The van der Waals surface area contributed by atoms with Crippen LogP contribution < -0.4 is 9.47 Å². The third kappa shape index (κ3) is 6.19. The molecule has 5 aromatic rings. The van der Waals surface area contributed by atoms with E-state index in [-0.39, 0.29) is 22.7 Å². The molecule has 6 heteroatoms. The van der Waals surface area contributed by atoms with Gasteiger partial charge in [-0.3, -0.25) is 4.79 Å². The molecule has 48 heavy (non-hydrogen) atoms. The van der Waals surface area contributed by atoms with Gasteiger partial charge >= 0.3 is 11.5 Å². The molecule has 0 atom stereocenters. The highest BCUT2D eigenvalue weighted by molar-refractivity contribution is 6.23. The zero-order chi connectivity index (χ0) is 33.0. The van der Waals surface area contributed by atoms with Crippen LogP contribution in [0.1, 0.15) is 16.7 Å². The number of hydrogen-bond donors (Lipinski definition) is 1. The quantitative estimate of drug-likeness (QED) is 0.136. The van der Waals surface area contributed by atoms with E-state index in [1.165, 1.54) is 0 Å². The van der Waals surface area contributed by atoms with Crippen molar-refractivity contribution in [3.63, 3.8) is 0 Å². The van der Waals surface area contributed by atoms with Crippen molar-refractivity contribution < 1.29 is 28.5 Å². The van der Waals surface area contributed by atoms with Gasteiger partial charge in [-0.25, -0.2) is 4.42 Å². The molecule has 0 amide bonds. The summed E-state index contributed by atoms with van der Waals surface area (Å²) >= 11 is 0. The molecule has 0 spiro atoms. The maximum atomic E-state index is 13.6. The Kier molecular flexibility index (Phi) is 8.29. The molecule has 2 aliphatic rings. The number of benzene rings is 4. The van der Waals surface area contributed by atoms with E-state index in [9.17, 15) is 9.90 Å². The second-order valence-electron chi connectivity index (χ2n) is 11.2. The standard InChI is InChI=1S/C42H30O6/c1-45-33-17-9-15-31(25-33)39-23-27(21-37(47-39)29-11-5-3-6-12-29)19-35-41(43)36(42(35)44)20-28-22-38(30-13-7-4-8-14-30)48-40(24-28)32-16-10-18-34(26-32)46-2/h3-26H,1-2H3/p+1. The van der Waals surface area contributed by atoms with Crippen molar-refractivity contribution in [3.05, 3.63) is 179 Å². The smallest absolute Gasteiger partial charge is 0.361 e. The van der Waals surface area contributed by atoms with Crippen LogP contribution in [0.15, 0.2) is 166 Å². The fraction of sp³-hybridized carbons (Fsp3) is 0.0476. The molecule has 1 N–H and O–H groups in total. The monoisotopic (exact) mass is 631 g/mol. The average molecular weight is 632 g/mol. The van der Waals surface area contributed by atoms with Crippen LogP contribution in [-0.2, 0) is 9.53 Å². The number of methoxy groups -OCH3 is 2. The summed E-state index contributed by atoms with van der Waals surface area (Å²) in [6, 6.07) is 38.3. The van der Waals surface area contributed by atoms with Crippen LogP contribution in [0.4, 0.5) is 0 Å². The van der Waals surface area contributed by atoms with Crippen LogP contribution in [-0.4, -0.2) is 25.1 Å². The van der Waals surface area contributed by atoms with Crippen LogP contribution in [0.25, 0.3) is 40.2 Å². The molecule has 0 saturated carbocycles. The van der Waals surface area contributed by atoms with Crippen molar-refractivity contribution in [3.8, 4) is 34.1 Å². The van der Waals surface area contributed by atoms with E-state index >= 15 is 0 Å². The van der Waals surface area contributed by atoms with Gasteiger partial charge in [0.15, 0.2) is 0 Å². The molecule has 0 saturated heterocycles. The lowest BCUT2D eigenvalue weighted by atomic mass is 9.85. The van der Waals surface area contributed by atoms with E-state index in [1.807, 2.05) is 133 Å². The lowest BCUT2D eigenvalue weighted by Gasteiger charge is -2.22. The van der Waals surface area contributed by atoms with Gasteiger partial charge in [0.2, 0.25) is 5.78 Å². The van der Waals surface area contributed by atoms with Gasteiger partial charge in [0.05, 0.1) is 48.6 Å². The van der Waals surface area contributed by atoms with Gasteiger partial charge in [0, 0.05) is 11.1 Å². The van der Waals surface area contributed by atoms with Gasteiger partial charge in [-0.05, 0) is 77.9 Å². The number of aliphatic hydroxyl groups is 1. The Hall–Kier alpha value is -6.40. The lowest BCUT2D eigenvalue weighted by Crippen LogP contribution is -2.21. The fourth-order valence-corrected chi connectivity index (χ4v) is 5.58. The zero-order valence-corrected chi connectivity index (χ0v) is 26.3. The molecule has 0 unspecified atom stereocenters. The van der Waals surface area contributed by atoms with Gasteiger partial charge in [0.1, 0.15) is 28.8 Å². The van der Waals surface area contributed by atoms with Crippen molar-refractivity contribution in [1.29, 1.82) is 0 Å². The Morgan fingerprint density at radius 1 is 0.625 bits per heavy atom. The first-order valence-corrected chi connectivity index (χ1v) is 15.4. The average Bonchev–Trinajstić information content (AvgIpc) is 3.16. The molecule has 6 nitrogen and oxygen atoms in total. The second-order valence-corrected chi connectivity index (χ2v) is 11.2. The summed E-state index contributed by atoms with van der Waals surface area (Å²) in [5, 5.41) is 11.2. The van der Waals surface area contributed by atoms with Crippen LogP contribution in [0.3, 0.4) is 0 Å². The molecule has 1 aliphatic heterocycles. The predicted octanol–water partition coefficient (Wildman–Crippen LogP) is 9.73. The minimum Gasteiger partial charge on any atom is -0.506 e. The highest BCUT2D eigenvalue weighted by Gasteiger charge is 2.33. The Balaban J connectivity index is 1.28. The first-order chi connectivity index (χ1) is 23.5. The molecular formula is C42H31O6+. The molecule has 7 rings (SSSR count). The topological polar surface area (TPSA) is 76.3 Å². The highest BCUT2D eigenvalue weighted by atomic mass is 16.5. The van der Waals surface area contributed by atoms with Gasteiger partial charge in [0.25, 0.3) is 0 Å². The third-order valence-electron chi connectivity index (χ3n) is 8.08. The van der Waals surface area contributed by atoms with Crippen molar-refractivity contribution in [1.82, 2.24) is 0 Å². The molecule has 4 aromatic carbocycles. The van der Waals surface area contributed by atoms with E-state index in [4.69, 9.17) is 18.6 Å². The third-order valence-corrected chi connectivity index (χ3v) is 8.08. The molecule has 2 heterocycles. The normalized spacial score (nSPS) is 15.8. The van der Waals surface area contributed by atoms with Gasteiger partial charge in [-0.2, -0.15) is 0 Å². The molecule has 0 bridgehead atoms. The van der Waals surface area contributed by atoms with E-state index < -0.39 is 0 Å². The molecule has 1 aliphatic carbocycles. The summed E-state index contributed by atoms with van der Waals surface area (Å²) in [5.74, 6) is 3.49. The summed E-state index contributed by atoms with van der Waals surface area (Å²) in [4.78, 5) is 13.6. The number of ketones is 1. The number of allylic oxidation sites excluding steroid dienone is 6. The number of Topliss-reactive ketones (excluding diaryl/α,β-unsaturated/α-hetero) is 1. The SMILES string of the molecule is COc1cccc(C2=CC(=CC3=C(O)C(=Cc4cc(-c5ccccc5)[o+]c(-c5cccc(OC)c5)c4)C3=O)C=C(c3ccccc3)O2)c1. The van der Waals surface area contributed by atoms with Crippen LogP contribution >= 0.6 is 0 Å². The number of carbonyl (C=O) groups excluding carboxylic acids is 1. The van der Waals surface area contributed by atoms with Gasteiger partial charge in [-0.15, -0.1) is 0 Å². The minimum absolute atomic E-state index is 0.0741. The van der Waals surface area contributed by atoms with Gasteiger partial charge in [-0.1, -0.05) is 66.7 Å². The van der Waals surface area contributed by atoms with Crippen molar-refractivity contribution in [2.75, 3.05) is 14.2 Å². The molecule has 234 valence electrons. The molecule has 0 fully saturated rings. The Morgan fingerprint density at radius 3 is 1.79 bits per heavy atom. The Morgan fingerprint density at radius 2 is 1.17 bits per heavy atom. The van der Waals surface area contributed by atoms with Crippen LogP contribution in [0.5, 0.6) is 11.5 Å². The number of rotatable bonds is 8. The fourth-order valence-electron chi connectivity index (χ4n) is 5.58. The molecule has 0 radical (unpaired) electrons. The summed E-state index contributed by atoms with van der Waals surface area (Å²) < 4.78 is 23.5.